The van der Waals surface area contributed by atoms with Crippen LogP contribution in [0.25, 0.3) is 16.7 Å². The van der Waals surface area contributed by atoms with Gasteiger partial charge in [0.2, 0.25) is 5.91 Å². The number of hydrogen-bond donors (Lipinski definition) is 1. The number of rotatable bonds is 6. The molecule has 0 bridgehead atoms. The van der Waals surface area contributed by atoms with Crippen molar-refractivity contribution < 1.29 is 4.79 Å². The fraction of sp³-hybridized carbons (Fsp3) is 0.158. The molecule has 0 spiro atoms. The van der Waals surface area contributed by atoms with Gasteiger partial charge in [-0.2, -0.15) is 5.10 Å². The lowest BCUT2D eigenvalue weighted by molar-refractivity contribution is -0.121. The minimum Gasteiger partial charge on any atom is -0.353 e. The molecular weight excluding hydrogens is 374 g/mol. The van der Waals surface area contributed by atoms with Crippen molar-refractivity contribution in [1.82, 2.24) is 34.4 Å². The Morgan fingerprint density at radius 1 is 1.07 bits per heavy atom. The molecule has 3 heterocycles. The molecule has 1 N–H and O–H groups in total. The van der Waals surface area contributed by atoms with Crippen molar-refractivity contribution in [3.63, 3.8) is 0 Å². The van der Waals surface area contributed by atoms with Crippen molar-refractivity contribution in [2.45, 2.75) is 13.1 Å². The predicted molar refractivity (Wildman–Crippen MR) is 105 cm³/mol. The standard InChI is InChI=1S/C19H17N7O3/c27-17(12-24-13-21-15-5-2-1-4-14(15)19(24)29)20-9-11-26-18(28)7-6-16(23-26)25-10-3-8-22-25/h1-8,10,13H,9,11-12H2,(H,20,27). The van der Waals surface area contributed by atoms with Crippen molar-refractivity contribution in [2.24, 2.45) is 0 Å². The molecule has 0 aliphatic heterocycles. The minimum atomic E-state index is -0.361. The first-order valence-corrected chi connectivity index (χ1v) is 8.91. The molecule has 10 nitrogen and oxygen atoms in total. The van der Waals surface area contributed by atoms with Crippen LogP contribution in [-0.4, -0.2) is 41.6 Å². The van der Waals surface area contributed by atoms with E-state index in [2.05, 4.69) is 20.5 Å². The zero-order valence-electron chi connectivity index (χ0n) is 15.3. The number of hydrogen-bond acceptors (Lipinski definition) is 6. The van der Waals surface area contributed by atoms with Gasteiger partial charge in [0.1, 0.15) is 6.54 Å². The minimum absolute atomic E-state index is 0.160. The quantitative estimate of drug-likeness (QED) is 0.493. The summed E-state index contributed by atoms with van der Waals surface area (Å²) in [7, 11) is 0. The second kappa shape index (κ2) is 7.89. The predicted octanol–water partition coefficient (Wildman–Crippen LogP) is -0.0447. The van der Waals surface area contributed by atoms with Gasteiger partial charge in [-0.3, -0.25) is 19.0 Å². The molecule has 4 aromatic rings. The molecule has 0 aliphatic rings. The van der Waals surface area contributed by atoms with E-state index in [1.54, 1.807) is 48.8 Å². The first kappa shape index (κ1) is 18.3. The number of amides is 1. The van der Waals surface area contributed by atoms with Crippen LogP contribution in [0.15, 0.2) is 70.8 Å². The number of carbonyl (C=O) groups excluding carboxylic acids is 1. The lowest BCUT2D eigenvalue weighted by Crippen LogP contribution is -2.36. The Balaban J connectivity index is 1.40. The molecule has 1 amide bonds. The van der Waals surface area contributed by atoms with Crippen molar-refractivity contribution in [2.75, 3.05) is 6.54 Å². The molecule has 1 aromatic carbocycles. The zero-order chi connectivity index (χ0) is 20.2. The van der Waals surface area contributed by atoms with Gasteiger partial charge in [0.25, 0.3) is 11.1 Å². The van der Waals surface area contributed by atoms with E-state index in [-0.39, 0.29) is 36.7 Å². The highest BCUT2D eigenvalue weighted by Gasteiger charge is 2.08. The maximum atomic E-state index is 12.4. The van der Waals surface area contributed by atoms with E-state index in [0.717, 1.165) is 0 Å². The number of para-hydroxylation sites is 1. The summed E-state index contributed by atoms with van der Waals surface area (Å²) in [5.74, 6) is 0.134. The third kappa shape index (κ3) is 3.95. The Hall–Kier alpha value is -4.08. The van der Waals surface area contributed by atoms with Gasteiger partial charge in [-0.05, 0) is 24.3 Å². The monoisotopic (exact) mass is 391 g/mol. The molecule has 146 valence electrons. The number of benzene rings is 1. The molecule has 0 unspecified atom stereocenters. The van der Waals surface area contributed by atoms with Crippen molar-refractivity contribution in [1.29, 1.82) is 0 Å². The second-order valence-corrected chi connectivity index (χ2v) is 6.25. The molecule has 3 aromatic heterocycles. The number of aromatic nitrogens is 6. The van der Waals surface area contributed by atoms with Crippen LogP contribution < -0.4 is 16.4 Å². The van der Waals surface area contributed by atoms with Gasteiger partial charge in [-0.1, -0.05) is 12.1 Å². The molecule has 0 atom stereocenters. The summed E-state index contributed by atoms with van der Waals surface area (Å²) in [5.41, 5.74) is 0.0114. The summed E-state index contributed by atoms with van der Waals surface area (Å²) >= 11 is 0. The van der Waals surface area contributed by atoms with Gasteiger partial charge in [0.15, 0.2) is 5.82 Å². The fourth-order valence-electron chi connectivity index (χ4n) is 2.86. The molecule has 10 heteroatoms. The zero-order valence-corrected chi connectivity index (χ0v) is 15.3. The van der Waals surface area contributed by atoms with Crippen molar-refractivity contribution in [3.05, 3.63) is 81.9 Å². The van der Waals surface area contributed by atoms with Gasteiger partial charge in [-0.15, -0.1) is 5.10 Å². The Morgan fingerprint density at radius 3 is 2.76 bits per heavy atom. The summed E-state index contributed by atoms with van der Waals surface area (Å²) in [4.78, 5) is 40.8. The first-order chi connectivity index (χ1) is 14.1. The molecular formula is C19H17N7O3. The summed E-state index contributed by atoms with van der Waals surface area (Å²) in [6.07, 6.45) is 4.68. The van der Waals surface area contributed by atoms with Crippen LogP contribution >= 0.6 is 0 Å². The average molecular weight is 391 g/mol. The van der Waals surface area contributed by atoms with Crippen LogP contribution in [0, 0.1) is 0 Å². The molecule has 4 rings (SSSR count). The van der Waals surface area contributed by atoms with E-state index in [1.165, 1.54) is 26.3 Å². The average Bonchev–Trinajstić information content (AvgIpc) is 3.27. The molecule has 0 saturated carbocycles. The van der Waals surface area contributed by atoms with E-state index in [4.69, 9.17) is 0 Å². The Bertz CT molecular complexity index is 1270. The summed E-state index contributed by atoms with van der Waals surface area (Å²) < 4.78 is 4.04. The largest absolute Gasteiger partial charge is 0.353 e. The van der Waals surface area contributed by atoms with Crippen molar-refractivity contribution >= 4 is 16.8 Å². The molecule has 0 radical (unpaired) electrons. The maximum Gasteiger partial charge on any atom is 0.266 e. The van der Waals surface area contributed by atoms with E-state index in [1.807, 2.05) is 0 Å². The normalized spacial score (nSPS) is 10.9. The summed E-state index contributed by atoms with van der Waals surface area (Å²) in [5, 5.41) is 11.4. The number of nitrogens with zero attached hydrogens (tertiary/aromatic N) is 6. The Kier molecular flexibility index (Phi) is 4.97. The van der Waals surface area contributed by atoms with E-state index in [0.29, 0.717) is 16.7 Å². The molecule has 29 heavy (non-hydrogen) atoms. The number of fused-ring (bicyclic) bond motifs is 1. The third-order valence-corrected chi connectivity index (χ3v) is 4.28. The molecule has 0 saturated heterocycles. The Morgan fingerprint density at radius 2 is 1.93 bits per heavy atom. The van der Waals surface area contributed by atoms with E-state index < -0.39 is 0 Å². The highest BCUT2D eigenvalue weighted by Crippen LogP contribution is 2.04. The summed E-state index contributed by atoms with van der Waals surface area (Å²) in [6.45, 7) is 0.209. The van der Waals surface area contributed by atoms with Gasteiger partial charge in [-0.25, -0.2) is 14.3 Å². The number of nitrogens with one attached hydrogen (secondary N) is 1. The van der Waals surface area contributed by atoms with Gasteiger partial charge in [0, 0.05) is 25.0 Å². The van der Waals surface area contributed by atoms with Crippen molar-refractivity contribution in [3.8, 4) is 5.82 Å². The van der Waals surface area contributed by atoms with E-state index in [9.17, 15) is 14.4 Å². The highest BCUT2D eigenvalue weighted by atomic mass is 16.2. The fourth-order valence-corrected chi connectivity index (χ4v) is 2.86. The van der Waals surface area contributed by atoms with E-state index >= 15 is 0 Å². The maximum absolute atomic E-state index is 12.4. The Labute approximate surface area is 164 Å². The van der Waals surface area contributed by atoms with Crippen LogP contribution in [0.1, 0.15) is 0 Å². The highest BCUT2D eigenvalue weighted by molar-refractivity contribution is 5.78. The second-order valence-electron chi connectivity index (χ2n) is 6.25. The summed E-state index contributed by atoms with van der Waals surface area (Å²) in [6, 6.07) is 11.7. The molecule has 0 aliphatic carbocycles. The SMILES string of the molecule is O=C(Cn1cnc2ccccc2c1=O)NCCn1nc(-n2cccn2)ccc1=O. The lowest BCUT2D eigenvalue weighted by atomic mass is 10.2. The lowest BCUT2D eigenvalue weighted by Gasteiger charge is -2.09. The van der Waals surface area contributed by atoms with Crippen LogP contribution in [0.4, 0.5) is 0 Å². The van der Waals surface area contributed by atoms with Gasteiger partial charge < -0.3 is 5.32 Å². The van der Waals surface area contributed by atoms with Crippen LogP contribution in [0.5, 0.6) is 0 Å². The number of carbonyl (C=O) groups is 1. The van der Waals surface area contributed by atoms with Crippen LogP contribution in [0.3, 0.4) is 0 Å². The molecule has 0 fully saturated rings. The van der Waals surface area contributed by atoms with Gasteiger partial charge in [0.05, 0.1) is 23.8 Å². The third-order valence-electron chi connectivity index (χ3n) is 4.28. The first-order valence-electron chi connectivity index (χ1n) is 8.91. The topological polar surface area (TPSA) is 117 Å². The van der Waals surface area contributed by atoms with Crippen LogP contribution in [0.2, 0.25) is 0 Å². The van der Waals surface area contributed by atoms with Gasteiger partial charge >= 0.3 is 0 Å². The van der Waals surface area contributed by atoms with Crippen LogP contribution in [-0.2, 0) is 17.9 Å². The smallest absolute Gasteiger partial charge is 0.266 e.